The van der Waals surface area contributed by atoms with Gasteiger partial charge in [-0.25, -0.2) is 9.97 Å². The summed E-state index contributed by atoms with van der Waals surface area (Å²) in [5.74, 6) is 1.45. The van der Waals surface area contributed by atoms with Crippen molar-refractivity contribution >= 4 is 22.6 Å². The lowest BCUT2D eigenvalue weighted by Gasteiger charge is -2.33. The van der Waals surface area contributed by atoms with Crippen LogP contribution in [0.15, 0.2) is 42.5 Å². The maximum atomic E-state index is 12.9. The number of aromatic hydroxyl groups is 1. The number of nitrogens with zero attached hydrogens (tertiary/aromatic N) is 3. The average molecular weight is 447 g/mol. The molecule has 33 heavy (non-hydrogen) atoms. The maximum Gasteiger partial charge on any atom is 0.224 e. The predicted molar refractivity (Wildman–Crippen MR) is 128 cm³/mol. The first-order valence-corrected chi connectivity index (χ1v) is 11.8. The summed E-state index contributed by atoms with van der Waals surface area (Å²) in [6, 6.07) is 13.3. The average Bonchev–Trinajstić information content (AvgIpc) is 3.36. The van der Waals surface area contributed by atoms with Gasteiger partial charge < -0.3 is 20.1 Å². The Morgan fingerprint density at radius 1 is 1.18 bits per heavy atom. The molecule has 2 aromatic carbocycles. The van der Waals surface area contributed by atoms with Crippen LogP contribution in [0.3, 0.4) is 0 Å². The van der Waals surface area contributed by atoms with Gasteiger partial charge in [-0.3, -0.25) is 4.79 Å². The third-order valence-electron chi connectivity index (χ3n) is 6.60. The molecule has 3 heterocycles. The molecule has 2 atom stereocenters. The SMILES string of the molecule is Cc1ccc2c(N3CCCC(C(=O)NCC4CCCO4)C3)nc(-c3ccccc3O)nc2c1. The Morgan fingerprint density at radius 2 is 2.06 bits per heavy atom. The molecule has 7 nitrogen and oxygen atoms in total. The Labute approximate surface area is 193 Å². The van der Waals surface area contributed by atoms with Gasteiger partial charge in [0.05, 0.1) is 23.1 Å². The summed E-state index contributed by atoms with van der Waals surface area (Å²) in [5, 5.41) is 14.5. The fourth-order valence-electron chi connectivity index (χ4n) is 4.79. The molecule has 0 aliphatic carbocycles. The minimum absolute atomic E-state index is 0.0883. The van der Waals surface area contributed by atoms with Crippen molar-refractivity contribution in [2.75, 3.05) is 31.1 Å². The number of phenolic OH excluding ortho intramolecular Hbond substituents is 1. The van der Waals surface area contributed by atoms with E-state index in [2.05, 4.69) is 22.3 Å². The van der Waals surface area contributed by atoms with Crippen LogP contribution >= 0.6 is 0 Å². The molecule has 5 rings (SSSR count). The highest BCUT2D eigenvalue weighted by molar-refractivity contribution is 5.92. The standard InChI is InChI=1S/C26H30N4O3/c1-17-10-11-20-22(14-17)28-24(21-8-2-3-9-23(21)31)29-25(20)30-12-4-6-18(16-30)26(32)27-15-19-7-5-13-33-19/h2-3,8-11,14,18-19,31H,4-7,12-13,15-16H2,1H3,(H,27,32). The summed E-state index contributed by atoms with van der Waals surface area (Å²) in [5.41, 5.74) is 2.55. The molecular weight excluding hydrogens is 416 g/mol. The maximum absolute atomic E-state index is 12.9. The van der Waals surface area contributed by atoms with E-state index in [1.807, 2.05) is 25.1 Å². The third kappa shape index (κ3) is 4.64. The highest BCUT2D eigenvalue weighted by Crippen LogP contribution is 2.33. The van der Waals surface area contributed by atoms with Crippen LogP contribution in [0.1, 0.15) is 31.2 Å². The van der Waals surface area contributed by atoms with Crippen molar-refractivity contribution in [2.24, 2.45) is 5.92 Å². The van der Waals surface area contributed by atoms with E-state index in [0.717, 1.165) is 61.1 Å². The smallest absolute Gasteiger partial charge is 0.224 e. The molecule has 172 valence electrons. The second-order valence-corrected chi connectivity index (χ2v) is 9.07. The van der Waals surface area contributed by atoms with E-state index in [9.17, 15) is 9.90 Å². The normalized spacial score (nSPS) is 20.8. The Balaban J connectivity index is 1.44. The Morgan fingerprint density at radius 3 is 2.88 bits per heavy atom. The molecule has 2 aliphatic heterocycles. The lowest BCUT2D eigenvalue weighted by molar-refractivity contribution is -0.125. The first-order chi connectivity index (χ1) is 16.1. The van der Waals surface area contributed by atoms with Crippen molar-refractivity contribution in [3.63, 3.8) is 0 Å². The van der Waals surface area contributed by atoms with E-state index < -0.39 is 0 Å². The van der Waals surface area contributed by atoms with Gasteiger partial charge >= 0.3 is 0 Å². The van der Waals surface area contributed by atoms with Gasteiger partial charge in [0.15, 0.2) is 5.82 Å². The second-order valence-electron chi connectivity index (χ2n) is 9.07. The molecule has 2 fully saturated rings. The highest BCUT2D eigenvalue weighted by Gasteiger charge is 2.29. The zero-order valence-corrected chi connectivity index (χ0v) is 19.0. The van der Waals surface area contributed by atoms with Crippen LogP contribution in [0.25, 0.3) is 22.3 Å². The number of hydrogen-bond acceptors (Lipinski definition) is 6. The number of amides is 1. The first-order valence-electron chi connectivity index (χ1n) is 11.8. The van der Waals surface area contributed by atoms with Crippen molar-refractivity contribution in [1.82, 2.24) is 15.3 Å². The zero-order valence-electron chi connectivity index (χ0n) is 19.0. The van der Waals surface area contributed by atoms with Crippen molar-refractivity contribution < 1.29 is 14.6 Å². The van der Waals surface area contributed by atoms with Crippen LogP contribution in [0.4, 0.5) is 5.82 Å². The van der Waals surface area contributed by atoms with Crippen LogP contribution in [0.5, 0.6) is 5.75 Å². The quantitative estimate of drug-likeness (QED) is 0.620. The number of fused-ring (bicyclic) bond motifs is 1. The predicted octanol–water partition coefficient (Wildman–Crippen LogP) is 3.82. The molecule has 1 aromatic heterocycles. The number of aromatic nitrogens is 2. The number of carbonyl (C=O) groups excluding carboxylic acids is 1. The number of anilines is 1. The zero-order chi connectivity index (χ0) is 22.8. The van der Waals surface area contributed by atoms with Gasteiger partial charge in [-0.15, -0.1) is 0 Å². The van der Waals surface area contributed by atoms with Crippen LogP contribution in [0.2, 0.25) is 0 Å². The molecule has 2 aliphatic rings. The van der Waals surface area contributed by atoms with Gasteiger partial charge in [0, 0.05) is 31.6 Å². The summed E-state index contributed by atoms with van der Waals surface area (Å²) in [6.07, 6.45) is 4.00. The molecule has 2 saturated heterocycles. The van der Waals surface area contributed by atoms with Crippen molar-refractivity contribution in [3.05, 3.63) is 48.0 Å². The van der Waals surface area contributed by atoms with Crippen LogP contribution in [0, 0.1) is 12.8 Å². The van der Waals surface area contributed by atoms with E-state index in [-0.39, 0.29) is 23.7 Å². The topological polar surface area (TPSA) is 87.6 Å². The number of para-hydroxylation sites is 1. The number of benzene rings is 2. The number of aryl methyl sites for hydroxylation is 1. The van der Waals surface area contributed by atoms with Gasteiger partial charge in [-0.05, 0) is 62.4 Å². The first kappa shape index (κ1) is 21.6. The number of hydrogen-bond donors (Lipinski definition) is 2. The minimum Gasteiger partial charge on any atom is -0.507 e. The van der Waals surface area contributed by atoms with E-state index in [1.165, 1.54) is 0 Å². The molecule has 2 unspecified atom stereocenters. The number of rotatable bonds is 5. The number of piperidine rings is 1. The molecule has 7 heteroatoms. The number of nitrogens with one attached hydrogen (secondary N) is 1. The van der Waals surface area contributed by atoms with Crippen LogP contribution < -0.4 is 10.2 Å². The lowest BCUT2D eigenvalue weighted by atomic mass is 9.96. The molecular formula is C26H30N4O3. The van der Waals surface area contributed by atoms with Gasteiger partial charge in [0.2, 0.25) is 5.91 Å². The Kier molecular flexibility index (Phi) is 6.13. The number of carbonyl (C=O) groups is 1. The van der Waals surface area contributed by atoms with E-state index in [4.69, 9.17) is 14.7 Å². The molecule has 2 N–H and O–H groups in total. The summed E-state index contributed by atoms with van der Waals surface area (Å²) in [7, 11) is 0. The fourth-order valence-corrected chi connectivity index (χ4v) is 4.79. The molecule has 0 bridgehead atoms. The monoisotopic (exact) mass is 446 g/mol. The Bertz CT molecular complexity index is 1160. The minimum atomic E-state index is -0.0933. The summed E-state index contributed by atoms with van der Waals surface area (Å²) < 4.78 is 5.64. The molecule has 0 radical (unpaired) electrons. The summed E-state index contributed by atoms with van der Waals surface area (Å²) >= 11 is 0. The van der Waals surface area contributed by atoms with Crippen molar-refractivity contribution in [1.29, 1.82) is 0 Å². The fraction of sp³-hybridized carbons (Fsp3) is 0.423. The summed E-state index contributed by atoms with van der Waals surface area (Å²) in [4.78, 5) is 24.8. The number of phenols is 1. The van der Waals surface area contributed by atoms with Gasteiger partial charge in [-0.2, -0.15) is 0 Å². The Hall–Kier alpha value is -3.19. The lowest BCUT2D eigenvalue weighted by Crippen LogP contribution is -2.45. The van der Waals surface area contributed by atoms with Gasteiger partial charge in [0.25, 0.3) is 0 Å². The molecule has 0 spiro atoms. The van der Waals surface area contributed by atoms with E-state index in [0.29, 0.717) is 24.5 Å². The van der Waals surface area contributed by atoms with Gasteiger partial charge in [0.1, 0.15) is 11.6 Å². The number of ether oxygens (including phenoxy) is 1. The van der Waals surface area contributed by atoms with E-state index in [1.54, 1.807) is 12.1 Å². The van der Waals surface area contributed by atoms with E-state index >= 15 is 0 Å². The highest BCUT2D eigenvalue weighted by atomic mass is 16.5. The van der Waals surface area contributed by atoms with Gasteiger partial charge in [-0.1, -0.05) is 18.2 Å². The second kappa shape index (κ2) is 9.35. The van der Waals surface area contributed by atoms with Crippen molar-refractivity contribution in [2.45, 2.75) is 38.7 Å². The van der Waals surface area contributed by atoms with Crippen LogP contribution in [-0.2, 0) is 9.53 Å². The molecule has 1 amide bonds. The van der Waals surface area contributed by atoms with Crippen LogP contribution in [-0.4, -0.2) is 53.3 Å². The third-order valence-corrected chi connectivity index (χ3v) is 6.60. The summed E-state index contributed by atoms with van der Waals surface area (Å²) in [6.45, 7) is 4.85. The molecule has 3 aromatic rings. The largest absolute Gasteiger partial charge is 0.507 e. The van der Waals surface area contributed by atoms with Crippen molar-refractivity contribution in [3.8, 4) is 17.1 Å². The molecule has 0 saturated carbocycles.